The molecule has 1 atom stereocenters. The van der Waals surface area contributed by atoms with Crippen LogP contribution in [-0.2, 0) is 4.79 Å². The van der Waals surface area contributed by atoms with E-state index in [1.54, 1.807) is 0 Å². The van der Waals surface area contributed by atoms with Gasteiger partial charge in [-0.15, -0.1) is 10.2 Å². The molecule has 5 nitrogen and oxygen atoms in total. The number of hydrogen-bond donors (Lipinski definition) is 2. The van der Waals surface area contributed by atoms with Crippen molar-refractivity contribution < 1.29 is 4.79 Å². The van der Waals surface area contributed by atoms with Gasteiger partial charge in [0.05, 0.1) is 5.25 Å². The summed E-state index contributed by atoms with van der Waals surface area (Å²) in [5.74, 6) is -0.0540. The van der Waals surface area contributed by atoms with Crippen LogP contribution in [0.1, 0.15) is 20.3 Å². The first-order chi connectivity index (χ1) is 13.2. The molecule has 1 aromatic heterocycles. The Bertz CT molecular complexity index is 882. The molecule has 1 heterocycles. The number of aromatic nitrogens is 2. The number of para-hydroxylation sites is 1. The van der Waals surface area contributed by atoms with E-state index in [9.17, 15) is 4.79 Å². The maximum absolute atomic E-state index is 12.7. The van der Waals surface area contributed by atoms with Crippen LogP contribution in [0.2, 0.25) is 0 Å². The Labute approximate surface area is 167 Å². The van der Waals surface area contributed by atoms with Gasteiger partial charge in [0.2, 0.25) is 11.0 Å². The highest BCUT2D eigenvalue weighted by atomic mass is 32.2. The fourth-order valence-corrected chi connectivity index (χ4v) is 4.38. The third-order valence-corrected chi connectivity index (χ3v) is 5.91. The van der Waals surface area contributed by atoms with E-state index in [1.807, 2.05) is 61.5 Å². The molecule has 7 heteroatoms. The number of anilines is 2. The first kappa shape index (κ1) is 19.4. The molecular weight excluding hydrogens is 376 g/mol. The molecule has 27 heavy (non-hydrogen) atoms. The van der Waals surface area contributed by atoms with Crippen LogP contribution < -0.4 is 10.6 Å². The first-order valence-corrected chi connectivity index (χ1v) is 10.6. The number of hydrogen-bond acceptors (Lipinski definition) is 6. The highest BCUT2D eigenvalue weighted by molar-refractivity contribution is 8.02. The van der Waals surface area contributed by atoms with Crippen molar-refractivity contribution in [3.63, 3.8) is 0 Å². The molecule has 0 fully saturated rings. The van der Waals surface area contributed by atoms with Crippen molar-refractivity contribution >= 4 is 39.8 Å². The van der Waals surface area contributed by atoms with Gasteiger partial charge in [0, 0.05) is 17.8 Å². The number of carbonyl (C=O) groups excluding carboxylic acids is 1. The van der Waals surface area contributed by atoms with E-state index >= 15 is 0 Å². The van der Waals surface area contributed by atoms with E-state index in [4.69, 9.17) is 0 Å². The molecule has 0 bridgehead atoms. The van der Waals surface area contributed by atoms with Crippen molar-refractivity contribution in [3.05, 3.63) is 54.6 Å². The van der Waals surface area contributed by atoms with Crippen molar-refractivity contribution in [2.24, 2.45) is 0 Å². The zero-order chi connectivity index (χ0) is 19.1. The lowest BCUT2D eigenvalue weighted by Crippen LogP contribution is -2.22. The number of amides is 1. The summed E-state index contributed by atoms with van der Waals surface area (Å²) in [5, 5.41) is 15.0. The third-order valence-electron chi connectivity index (χ3n) is 3.85. The second-order valence-electron chi connectivity index (χ2n) is 5.96. The predicted molar refractivity (Wildman–Crippen MR) is 115 cm³/mol. The summed E-state index contributed by atoms with van der Waals surface area (Å²) < 4.78 is 0.785. The Morgan fingerprint density at radius 2 is 1.85 bits per heavy atom. The number of benzene rings is 2. The zero-order valence-electron chi connectivity index (χ0n) is 15.3. The molecule has 1 unspecified atom stereocenters. The van der Waals surface area contributed by atoms with E-state index < -0.39 is 0 Å². The molecule has 2 N–H and O–H groups in total. The maximum atomic E-state index is 12.7. The largest absolute Gasteiger partial charge is 0.360 e. The van der Waals surface area contributed by atoms with Gasteiger partial charge >= 0.3 is 0 Å². The minimum Gasteiger partial charge on any atom is -0.360 e. The molecule has 2 aromatic carbocycles. The summed E-state index contributed by atoms with van der Waals surface area (Å²) in [4.78, 5) is 12.7. The summed E-state index contributed by atoms with van der Waals surface area (Å²) in [5.41, 5.74) is 2.89. The normalized spacial score (nSPS) is 11.8. The minimum atomic E-state index is -0.277. The molecule has 0 saturated carbocycles. The van der Waals surface area contributed by atoms with Gasteiger partial charge in [-0.1, -0.05) is 78.6 Å². The van der Waals surface area contributed by atoms with E-state index in [0.717, 1.165) is 39.3 Å². The van der Waals surface area contributed by atoms with Crippen LogP contribution in [0.3, 0.4) is 0 Å². The van der Waals surface area contributed by atoms with Crippen LogP contribution in [0.15, 0.2) is 58.9 Å². The molecule has 0 aliphatic rings. The molecule has 0 aliphatic carbocycles. The number of thioether (sulfide) groups is 1. The van der Waals surface area contributed by atoms with Crippen molar-refractivity contribution in [1.29, 1.82) is 0 Å². The molecule has 140 valence electrons. The fourth-order valence-electron chi connectivity index (χ4n) is 2.46. The van der Waals surface area contributed by atoms with Gasteiger partial charge in [-0.3, -0.25) is 4.79 Å². The van der Waals surface area contributed by atoms with Gasteiger partial charge in [0.1, 0.15) is 0 Å². The Morgan fingerprint density at radius 3 is 2.63 bits per heavy atom. The Balaban J connectivity index is 1.66. The molecule has 0 saturated heterocycles. The van der Waals surface area contributed by atoms with Gasteiger partial charge < -0.3 is 10.6 Å². The Hall–Kier alpha value is -2.38. The van der Waals surface area contributed by atoms with Crippen LogP contribution in [-0.4, -0.2) is 27.9 Å². The molecular formula is C20H22N4OS2. The third kappa shape index (κ3) is 5.30. The summed E-state index contributed by atoms with van der Waals surface area (Å²) in [7, 11) is 0. The van der Waals surface area contributed by atoms with Crippen molar-refractivity contribution in [1.82, 2.24) is 10.2 Å². The molecule has 3 rings (SSSR count). The van der Waals surface area contributed by atoms with Crippen LogP contribution >= 0.6 is 23.1 Å². The summed E-state index contributed by atoms with van der Waals surface area (Å²) in [6.45, 7) is 4.85. The first-order valence-electron chi connectivity index (χ1n) is 8.86. The van der Waals surface area contributed by atoms with Gasteiger partial charge in [-0.25, -0.2) is 0 Å². The van der Waals surface area contributed by atoms with E-state index in [1.165, 1.54) is 23.1 Å². The smallest absolute Gasteiger partial charge is 0.237 e. The van der Waals surface area contributed by atoms with E-state index in [-0.39, 0.29) is 11.2 Å². The molecule has 0 spiro atoms. The molecule has 0 radical (unpaired) electrons. The average Bonchev–Trinajstić information content (AvgIpc) is 3.14. The maximum Gasteiger partial charge on any atom is 0.237 e. The average molecular weight is 399 g/mol. The number of nitrogens with zero attached hydrogens (tertiary/aromatic N) is 2. The second kappa shape index (κ2) is 9.53. The lowest BCUT2D eigenvalue weighted by molar-refractivity contribution is -0.115. The quantitative estimate of drug-likeness (QED) is 0.514. The van der Waals surface area contributed by atoms with Crippen LogP contribution in [0, 0.1) is 0 Å². The van der Waals surface area contributed by atoms with Gasteiger partial charge in [-0.2, -0.15) is 0 Å². The minimum absolute atomic E-state index is 0.0540. The molecule has 3 aromatic rings. The Kier molecular flexibility index (Phi) is 6.84. The predicted octanol–water partition coefficient (Wildman–Crippen LogP) is 5.15. The monoisotopic (exact) mass is 398 g/mol. The fraction of sp³-hybridized carbons (Fsp3) is 0.250. The molecule has 0 aliphatic heterocycles. The molecule has 1 amide bonds. The van der Waals surface area contributed by atoms with Crippen molar-refractivity contribution in [2.45, 2.75) is 29.9 Å². The summed E-state index contributed by atoms with van der Waals surface area (Å²) in [6.07, 6.45) is 1.03. The lowest BCUT2D eigenvalue weighted by atomic mass is 10.0. The van der Waals surface area contributed by atoms with E-state index in [2.05, 4.69) is 27.8 Å². The van der Waals surface area contributed by atoms with Gasteiger partial charge in [0.25, 0.3) is 0 Å². The topological polar surface area (TPSA) is 66.9 Å². The van der Waals surface area contributed by atoms with Crippen LogP contribution in [0.4, 0.5) is 10.8 Å². The SMILES string of the molecule is CCCNc1nnc(SC(C)C(=O)Nc2ccccc2-c2ccccc2)s1. The van der Waals surface area contributed by atoms with Crippen LogP contribution in [0.25, 0.3) is 11.1 Å². The van der Waals surface area contributed by atoms with E-state index in [0.29, 0.717) is 0 Å². The number of carbonyl (C=O) groups is 1. The summed E-state index contributed by atoms with van der Waals surface area (Å²) in [6, 6.07) is 17.9. The highest BCUT2D eigenvalue weighted by Crippen LogP contribution is 2.31. The zero-order valence-corrected chi connectivity index (χ0v) is 16.9. The number of rotatable bonds is 8. The van der Waals surface area contributed by atoms with Crippen molar-refractivity contribution in [2.75, 3.05) is 17.2 Å². The van der Waals surface area contributed by atoms with Gasteiger partial charge in [-0.05, 0) is 25.0 Å². The lowest BCUT2D eigenvalue weighted by Gasteiger charge is -2.14. The van der Waals surface area contributed by atoms with Gasteiger partial charge in [0.15, 0.2) is 4.34 Å². The van der Waals surface area contributed by atoms with Crippen molar-refractivity contribution in [3.8, 4) is 11.1 Å². The highest BCUT2D eigenvalue weighted by Gasteiger charge is 2.18. The Morgan fingerprint density at radius 1 is 1.11 bits per heavy atom. The second-order valence-corrected chi connectivity index (χ2v) is 8.53. The standard InChI is InChI=1S/C20H22N4OS2/c1-3-13-21-19-23-24-20(27-19)26-14(2)18(25)22-17-12-8-7-11-16(17)15-9-5-4-6-10-15/h4-12,14H,3,13H2,1-2H3,(H,21,23)(H,22,25). The summed E-state index contributed by atoms with van der Waals surface area (Å²) >= 11 is 2.89. The van der Waals surface area contributed by atoms with Crippen LogP contribution in [0.5, 0.6) is 0 Å². The number of nitrogens with one attached hydrogen (secondary N) is 2.